The number of aryl methyl sites for hydroxylation is 1. The average Bonchev–Trinajstić information content (AvgIpc) is 2.85. The van der Waals surface area contributed by atoms with Gasteiger partial charge in [0, 0.05) is 19.0 Å². The lowest BCUT2D eigenvalue weighted by molar-refractivity contribution is 0.297. The van der Waals surface area contributed by atoms with Gasteiger partial charge in [-0.05, 0) is 48.7 Å². The van der Waals surface area contributed by atoms with E-state index in [1.807, 2.05) is 0 Å². The van der Waals surface area contributed by atoms with E-state index < -0.39 is 10.0 Å². The van der Waals surface area contributed by atoms with E-state index >= 15 is 0 Å². The summed E-state index contributed by atoms with van der Waals surface area (Å²) in [5.74, 6) is 0.640. The van der Waals surface area contributed by atoms with Crippen LogP contribution < -0.4 is 13.8 Å². The molecule has 0 bridgehead atoms. The van der Waals surface area contributed by atoms with Crippen LogP contribution in [0.25, 0.3) is 0 Å². The monoisotopic (exact) mass is 363 g/mol. The standard InChI is InChI=1S/C18H18FNO4S/c19-14-4-6-16-13(11-14)3-1-8-20(16)25(21,22)15-5-7-17-18(12-15)24-10-2-9-23-17/h4-7,11-12H,1-3,8-10H2. The molecule has 2 aromatic carbocycles. The van der Waals surface area contributed by atoms with Gasteiger partial charge in [0.15, 0.2) is 11.5 Å². The van der Waals surface area contributed by atoms with Gasteiger partial charge in [-0.25, -0.2) is 12.8 Å². The number of anilines is 1. The highest BCUT2D eigenvalue weighted by atomic mass is 32.2. The van der Waals surface area contributed by atoms with Crippen LogP contribution in [-0.4, -0.2) is 28.2 Å². The minimum absolute atomic E-state index is 0.147. The molecule has 0 aromatic heterocycles. The summed E-state index contributed by atoms with van der Waals surface area (Å²) in [6.07, 6.45) is 2.07. The summed E-state index contributed by atoms with van der Waals surface area (Å²) >= 11 is 0. The lowest BCUT2D eigenvalue weighted by Gasteiger charge is -2.30. The maximum atomic E-state index is 13.5. The molecule has 2 heterocycles. The fraction of sp³-hybridized carbons (Fsp3) is 0.333. The lowest BCUT2D eigenvalue weighted by Crippen LogP contribution is -2.35. The SMILES string of the molecule is O=S(=O)(c1ccc2c(c1)OCCCO2)N1CCCc2cc(F)ccc21. The largest absolute Gasteiger partial charge is 0.490 e. The Bertz CT molecular complexity index is 913. The molecule has 2 aliphatic heterocycles. The highest BCUT2D eigenvalue weighted by molar-refractivity contribution is 7.92. The topological polar surface area (TPSA) is 55.8 Å². The number of benzene rings is 2. The van der Waals surface area contributed by atoms with Crippen LogP contribution in [0.5, 0.6) is 11.5 Å². The van der Waals surface area contributed by atoms with Crippen molar-refractivity contribution in [1.82, 2.24) is 0 Å². The van der Waals surface area contributed by atoms with Crippen molar-refractivity contribution >= 4 is 15.7 Å². The van der Waals surface area contributed by atoms with Crippen molar-refractivity contribution in [1.29, 1.82) is 0 Å². The highest BCUT2D eigenvalue weighted by Crippen LogP contribution is 2.36. The maximum absolute atomic E-state index is 13.5. The number of fused-ring (bicyclic) bond motifs is 2. The molecule has 0 radical (unpaired) electrons. The second-order valence-electron chi connectivity index (χ2n) is 6.11. The number of hydrogen-bond acceptors (Lipinski definition) is 4. The van der Waals surface area contributed by atoms with Gasteiger partial charge >= 0.3 is 0 Å². The molecule has 7 heteroatoms. The van der Waals surface area contributed by atoms with Gasteiger partial charge in [-0.3, -0.25) is 4.31 Å². The van der Waals surface area contributed by atoms with Gasteiger partial charge in [0.05, 0.1) is 23.8 Å². The second kappa shape index (κ2) is 6.22. The molecule has 25 heavy (non-hydrogen) atoms. The Morgan fingerprint density at radius 2 is 1.76 bits per heavy atom. The predicted molar refractivity (Wildman–Crippen MR) is 91.3 cm³/mol. The van der Waals surface area contributed by atoms with Crippen LogP contribution in [0.4, 0.5) is 10.1 Å². The fourth-order valence-corrected chi connectivity index (χ4v) is 4.77. The summed E-state index contributed by atoms with van der Waals surface area (Å²) < 4.78 is 52.3. The Balaban J connectivity index is 1.75. The van der Waals surface area contributed by atoms with E-state index in [0.29, 0.717) is 55.4 Å². The Hall–Kier alpha value is -2.28. The third-order valence-electron chi connectivity index (χ3n) is 4.42. The average molecular weight is 363 g/mol. The van der Waals surface area contributed by atoms with Crippen molar-refractivity contribution in [3.8, 4) is 11.5 Å². The first kappa shape index (κ1) is 16.2. The van der Waals surface area contributed by atoms with Gasteiger partial charge in [0.25, 0.3) is 10.0 Å². The van der Waals surface area contributed by atoms with Crippen molar-refractivity contribution < 1.29 is 22.3 Å². The molecule has 0 aliphatic carbocycles. The molecule has 0 unspecified atom stereocenters. The fourth-order valence-electron chi connectivity index (χ4n) is 3.21. The molecule has 5 nitrogen and oxygen atoms in total. The maximum Gasteiger partial charge on any atom is 0.264 e. The van der Waals surface area contributed by atoms with Gasteiger partial charge < -0.3 is 9.47 Å². The van der Waals surface area contributed by atoms with Crippen LogP contribution in [0, 0.1) is 5.82 Å². The summed E-state index contributed by atoms with van der Waals surface area (Å²) in [5.41, 5.74) is 1.25. The van der Waals surface area contributed by atoms with E-state index in [1.165, 1.54) is 34.6 Å². The van der Waals surface area contributed by atoms with Crippen molar-refractivity contribution in [3.05, 3.63) is 47.8 Å². The number of halogens is 1. The van der Waals surface area contributed by atoms with Crippen molar-refractivity contribution in [2.45, 2.75) is 24.2 Å². The first-order chi connectivity index (χ1) is 12.1. The number of nitrogens with zero attached hydrogens (tertiary/aromatic N) is 1. The molecule has 2 aromatic rings. The van der Waals surface area contributed by atoms with E-state index in [0.717, 1.165) is 6.42 Å². The molecular weight excluding hydrogens is 345 g/mol. The van der Waals surface area contributed by atoms with Crippen molar-refractivity contribution in [3.63, 3.8) is 0 Å². The minimum atomic E-state index is -3.76. The van der Waals surface area contributed by atoms with Gasteiger partial charge in [-0.1, -0.05) is 0 Å². The van der Waals surface area contributed by atoms with Gasteiger partial charge in [-0.15, -0.1) is 0 Å². The summed E-state index contributed by atoms with van der Waals surface area (Å²) in [5, 5.41) is 0. The third-order valence-corrected chi connectivity index (χ3v) is 6.23. The van der Waals surface area contributed by atoms with Crippen LogP contribution in [-0.2, 0) is 16.4 Å². The van der Waals surface area contributed by atoms with Gasteiger partial charge in [0.1, 0.15) is 5.82 Å². The molecule has 0 saturated carbocycles. The zero-order valence-corrected chi connectivity index (χ0v) is 14.4. The van der Waals surface area contributed by atoms with E-state index in [-0.39, 0.29) is 10.7 Å². The molecule has 0 fully saturated rings. The lowest BCUT2D eigenvalue weighted by atomic mass is 10.0. The molecule has 4 rings (SSSR count). The summed E-state index contributed by atoms with van der Waals surface area (Å²) in [6, 6.07) is 8.90. The Morgan fingerprint density at radius 3 is 2.60 bits per heavy atom. The van der Waals surface area contributed by atoms with E-state index in [9.17, 15) is 12.8 Å². The van der Waals surface area contributed by atoms with Crippen molar-refractivity contribution in [2.75, 3.05) is 24.1 Å². The number of rotatable bonds is 2. The zero-order chi connectivity index (χ0) is 17.4. The van der Waals surface area contributed by atoms with E-state index in [1.54, 1.807) is 6.07 Å². The summed E-state index contributed by atoms with van der Waals surface area (Å²) in [6.45, 7) is 1.40. The first-order valence-electron chi connectivity index (χ1n) is 8.26. The van der Waals surface area contributed by atoms with Crippen LogP contribution in [0.2, 0.25) is 0 Å². The Morgan fingerprint density at radius 1 is 0.960 bits per heavy atom. The van der Waals surface area contributed by atoms with Crippen LogP contribution in [0.3, 0.4) is 0 Å². The minimum Gasteiger partial charge on any atom is -0.490 e. The zero-order valence-electron chi connectivity index (χ0n) is 13.6. The number of hydrogen-bond donors (Lipinski definition) is 0. The van der Waals surface area contributed by atoms with Crippen LogP contribution in [0.15, 0.2) is 41.3 Å². The Kier molecular flexibility index (Phi) is 4.03. The third kappa shape index (κ3) is 2.93. The van der Waals surface area contributed by atoms with Crippen LogP contribution in [0.1, 0.15) is 18.4 Å². The number of sulfonamides is 1. The van der Waals surface area contributed by atoms with E-state index in [4.69, 9.17) is 9.47 Å². The summed E-state index contributed by atoms with van der Waals surface area (Å²) in [7, 11) is -3.76. The summed E-state index contributed by atoms with van der Waals surface area (Å²) in [4.78, 5) is 0.147. The second-order valence-corrected chi connectivity index (χ2v) is 7.98. The van der Waals surface area contributed by atoms with Gasteiger partial charge in [-0.2, -0.15) is 0 Å². The molecule has 0 atom stereocenters. The van der Waals surface area contributed by atoms with E-state index in [2.05, 4.69) is 0 Å². The molecule has 132 valence electrons. The number of ether oxygens (including phenoxy) is 2. The predicted octanol–water partition coefficient (Wildman–Crippen LogP) is 3.13. The molecule has 2 aliphatic rings. The Labute approximate surface area is 146 Å². The first-order valence-corrected chi connectivity index (χ1v) is 9.70. The quantitative estimate of drug-likeness (QED) is 0.823. The molecule has 0 spiro atoms. The van der Waals surface area contributed by atoms with Gasteiger partial charge in [0.2, 0.25) is 0 Å². The molecule has 0 amide bonds. The van der Waals surface area contributed by atoms with Crippen LogP contribution >= 0.6 is 0 Å². The molecule has 0 saturated heterocycles. The molecular formula is C18H18FNO4S. The van der Waals surface area contributed by atoms with Crippen molar-refractivity contribution in [2.24, 2.45) is 0 Å². The smallest absolute Gasteiger partial charge is 0.264 e. The highest BCUT2D eigenvalue weighted by Gasteiger charge is 2.30. The molecule has 0 N–H and O–H groups in total. The normalized spacial score (nSPS) is 16.9.